The molecule has 1 atom stereocenters. The summed E-state index contributed by atoms with van der Waals surface area (Å²) in [6.45, 7) is 2.01. The molecule has 6 nitrogen and oxygen atoms in total. The lowest BCUT2D eigenvalue weighted by Gasteiger charge is -2.16. The molecule has 94 valence electrons. The Labute approximate surface area is 105 Å². The monoisotopic (exact) mass is 245 g/mol. The summed E-state index contributed by atoms with van der Waals surface area (Å²) in [5.74, 6) is 1.34. The second-order valence-electron chi connectivity index (χ2n) is 3.79. The lowest BCUT2D eigenvalue weighted by atomic mass is 10.1. The number of nitrogens with zero attached hydrogens (tertiary/aromatic N) is 3. The minimum Gasteiger partial charge on any atom is -0.490 e. The Morgan fingerprint density at radius 2 is 2.22 bits per heavy atom. The molecule has 2 aromatic heterocycles. The fourth-order valence-corrected chi connectivity index (χ4v) is 1.61. The van der Waals surface area contributed by atoms with Crippen molar-refractivity contribution in [2.75, 3.05) is 18.2 Å². The van der Waals surface area contributed by atoms with Gasteiger partial charge in [0.25, 0.3) is 0 Å². The summed E-state index contributed by atoms with van der Waals surface area (Å²) in [6.07, 6.45) is 4.93. The molecule has 0 fully saturated rings. The molecule has 0 aliphatic heterocycles. The van der Waals surface area contributed by atoms with Crippen molar-refractivity contribution < 1.29 is 4.74 Å². The van der Waals surface area contributed by atoms with Crippen LogP contribution >= 0.6 is 0 Å². The van der Waals surface area contributed by atoms with Gasteiger partial charge in [0.05, 0.1) is 13.2 Å². The summed E-state index contributed by atoms with van der Waals surface area (Å²) in [7, 11) is 1.54. The van der Waals surface area contributed by atoms with E-state index in [1.807, 2.05) is 19.1 Å². The van der Waals surface area contributed by atoms with Crippen LogP contribution in [0.3, 0.4) is 0 Å². The van der Waals surface area contributed by atoms with Crippen molar-refractivity contribution in [2.24, 2.45) is 0 Å². The second kappa shape index (κ2) is 5.31. The van der Waals surface area contributed by atoms with Gasteiger partial charge in [-0.05, 0) is 18.6 Å². The maximum absolute atomic E-state index is 5.72. The SMILES string of the molecule is COc1c(N)ncnc1NC(C)c1cccnc1. The van der Waals surface area contributed by atoms with Crippen LogP contribution in [0.15, 0.2) is 30.9 Å². The molecule has 2 aromatic rings. The molecule has 0 aliphatic rings. The summed E-state index contributed by atoms with van der Waals surface area (Å²) in [6, 6.07) is 3.92. The van der Waals surface area contributed by atoms with Gasteiger partial charge in [-0.15, -0.1) is 0 Å². The van der Waals surface area contributed by atoms with Crippen molar-refractivity contribution in [1.82, 2.24) is 15.0 Å². The van der Waals surface area contributed by atoms with E-state index in [2.05, 4.69) is 20.3 Å². The van der Waals surface area contributed by atoms with Crippen LogP contribution in [-0.4, -0.2) is 22.1 Å². The van der Waals surface area contributed by atoms with Crippen LogP contribution in [0, 0.1) is 0 Å². The van der Waals surface area contributed by atoms with E-state index in [1.54, 1.807) is 12.4 Å². The molecule has 1 unspecified atom stereocenters. The molecule has 2 rings (SSSR count). The number of hydrogen-bond acceptors (Lipinski definition) is 6. The molecule has 3 N–H and O–H groups in total. The van der Waals surface area contributed by atoms with E-state index < -0.39 is 0 Å². The predicted octanol–water partition coefficient (Wildman–Crippen LogP) is 1.64. The third kappa shape index (κ3) is 2.48. The molecule has 0 bridgehead atoms. The van der Waals surface area contributed by atoms with Gasteiger partial charge in [0, 0.05) is 12.4 Å². The summed E-state index contributed by atoms with van der Waals surface area (Å²) >= 11 is 0. The van der Waals surface area contributed by atoms with Crippen molar-refractivity contribution in [2.45, 2.75) is 13.0 Å². The number of anilines is 2. The summed E-state index contributed by atoms with van der Waals surface area (Å²) in [4.78, 5) is 12.1. The van der Waals surface area contributed by atoms with Crippen molar-refractivity contribution in [3.63, 3.8) is 0 Å². The number of nitrogen functional groups attached to an aromatic ring is 1. The van der Waals surface area contributed by atoms with E-state index in [4.69, 9.17) is 10.5 Å². The predicted molar refractivity (Wildman–Crippen MR) is 69.3 cm³/mol. The molecule has 0 saturated carbocycles. The largest absolute Gasteiger partial charge is 0.490 e. The van der Waals surface area contributed by atoms with E-state index in [-0.39, 0.29) is 6.04 Å². The van der Waals surface area contributed by atoms with Gasteiger partial charge in [0.2, 0.25) is 5.75 Å². The summed E-state index contributed by atoms with van der Waals surface area (Å²) in [5.41, 5.74) is 6.77. The first-order chi connectivity index (χ1) is 8.72. The number of ether oxygens (including phenoxy) is 1. The van der Waals surface area contributed by atoms with Crippen LogP contribution in [-0.2, 0) is 0 Å². The number of methoxy groups -OCH3 is 1. The quantitative estimate of drug-likeness (QED) is 0.851. The lowest BCUT2D eigenvalue weighted by Crippen LogP contribution is -2.10. The second-order valence-corrected chi connectivity index (χ2v) is 3.79. The first kappa shape index (κ1) is 12.1. The van der Waals surface area contributed by atoms with Gasteiger partial charge in [0.15, 0.2) is 11.6 Å². The first-order valence-corrected chi connectivity index (χ1v) is 5.53. The average Bonchev–Trinajstić information content (AvgIpc) is 2.40. The number of hydrogen-bond donors (Lipinski definition) is 2. The molecular weight excluding hydrogens is 230 g/mol. The molecule has 0 aliphatic carbocycles. The van der Waals surface area contributed by atoms with Crippen molar-refractivity contribution in [3.8, 4) is 5.75 Å². The molecule has 0 aromatic carbocycles. The van der Waals surface area contributed by atoms with Gasteiger partial charge in [0.1, 0.15) is 6.33 Å². The molecular formula is C12H15N5O. The molecule has 0 radical (unpaired) electrons. The Kier molecular flexibility index (Phi) is 3.57. The molecule has 6 heteroatoms. The van der Waals surface area contributed by atoms with Crippen LogP contribution in [0.25, 0.3) is 0 Å². The van der Waals surface area contributed by atoms with Gasteiger partial charge in [-0.2, -0.15) is 0 Å². The van der Waals surface area contributed by atoms with E-state index in [0.717, 1.165) is 5.56 Å². The van der Waals surface area contributed by atoms with Gasteiger partial charge in [-0.3, -0.25) is 4.98 Å². The normalized spacial score (nSPS) is 11.9. The fourth-order valence-electron chi connectivity index (χ4n) is 1.61. The van der Waals surface area contributed by atoms with E-state index >= 15 is 0 Å². The zero-order valence-corrected chi connectivity index (χ0v) is 10.3. The maximum atomic E-state index is 5.72. The van der Waals surface area contributed by atoms with Gasteiger partial charge >= 0.3 is 0 Å². The highest BCUT2D eigenvalue weighted by molar-refractivity contribution is 5.61. The highest BCUT2D eigenvalue weighted by Crippen LogP contribution is 2.29. The van der Waals surface area contributed by atoms with Crippen molar-refractivity contribution in [3.05, 3.63) is 36.4 Å². The van der Waals surface area contributed by atoms with E-state index in [0.29, 0.717) is 17.4 Å². The number of rotatable bonds is 4. The maximum Gasteiger partial charge on any atom is 0.203 e. The van der Waals surface area contributed by atoms with Crippen LogP contribution in [0.4, 0.5) is 11.6 Å². The van der Waals surface area contributed by atoms with Crippen LogP contribution < -0.4 is 15.8 Å². The van der Waals surface area contributed by atoms with E-state index in [9.17, 15) is 0 Å². The van der Waals surface area contributed by atoms with Gasteiger partial charge < -0.3 is 15.8 Å². The van der Waals surface area contributed by atoms with Crippen LogP contribution in [0.2, 0.25) is 0 Å². The Balaban J connectivity index is 2.22. The molecule has 18 heavy (non-hydrogen) atoms. The van der Waals surface area contributed by atoms with Crippen molar-refractivity contribution in [1.29, 1.82) is 0 Å². The van der Waals surface area contributed by atoms with Crippen LogP contribution in [0.5, 0.6) is 5.75 Å². The van der Waals surface area contributed by atoms with Gasteiger partial charge in [-0.25, -0.2) is 9.97 Å². The van der Waals surface area contributed by atoms with Crippen LogP contribution in [0.1, 0.15) is 18.5 Å². The molecule has 0 spiro atoms. The van der Waals surface area contributed by atoms with Crippen molar-refractivity contribution >= 4 is 11.6 Å². The van der Waals surface area contributed by atoms with E-state index in [1.165, 1.54) is 13.4 Å². The minimum absolute atomic E-state index is 0.0434. The third-order valence-electron chi connectivity index (χ3n) is 2.57. The fraction of sp³-hybridized carbons (Fsp3) is 0.250. The molecule has 2 heterocycles. The topological polar surface area (TPSA) is 86.0 Å². The highest BCUT2D eigenvalue weighted by atomic mass is 16.5. The Hall–Kier alpha value is -2.37. The first-order valence-electron chi connectivity index (χ1n) is 5.53. The lowest BCUT2D eigenvalue weighted by molar-refractivity contribution is 0.415. The summed E-state index contributed by atoms with van der Waals surface area (Å²) < 4.78 is 5.18. The highest BCUT2D eigenvalue weighted by Gasteiger charge is 2.13. The zero-order valence-electron chi connectivity index (χ0n) is 10.3. The number of aromatic nitrogens is 3. The zero-order chi connectivity index (χ0) is 13.0. The molecule has 0 saturated heterocycles. The molecule has 0 amide bonds. The minimum atomic E-state index is 0.0434. The summed E-state index contributed by atoms with van der Waals surface area (Å²) in [5, 5.41) is 3.22. The average molecular weight is 245 g/mol. The Morgan fingerprint density at radius 3 is 2.89 bits per heavy atom. The third-order valence-corrected chi connectivity index (χ3v) is 2.57. The number of nitrogens with two attached hydrogens (primary N) is 1. The smallest absolute Gasteiger partial charge is 0.203 e. The van der Waals surface area contributed by atoms with Gasteiger partial charge in [-0.1, -0.05) is 6.07 Å². The Morgan fingerprint density at radius 1 is 1.39 bits per heavy atom. The number of nitrogens with one attached hydrogen (secondary N) is 1. The number of pyridine rings is 1. The standard InChI is InChI=1S/C12H15N5O/c1-8(9-4-3-5-14-6-9)17-12-10(18-2)11(13)15-7-16-12/h3-8H,1-2H3,(H3,13,15,16,17). The Bertz CT molecular complexity index is 517.